The third-order valence-electron chi connectivity index (χ3n) is 3.85. The zero-order valence-electron chi connectivity index (χ0n) is 15.9. The lowest BCUT2D eigenvalue weighted by Gasteiger charge is -2.12. The van der Waals surface area contributed by atoms with E-state index in [0.717, 1.165) is 0 Å². The van der Waals surface area contributed by atoms with Crippen LogP contribution in [0.3, 0.4) is 0 Å². The Bertz CT molecular complexity index is 815. The van der Waals surface area contributed by atoms with Crippen LogP contribution in [0.25, 0.3) is 0 Å². The Morgan fingerprint density at radius 2 is 1.71 bits per heavy atom. The molecule has 0 saturated carbocycles. The third kappa shape index (κ3) is 7.41. The van der Waals surface area contributed by atoms with Crippen molar-refractivity contribution in [1.82, 2.24) is 16.0 Å². The van der Waals surface area contributed by atoms with Gasteiger partial charge >= 0.3 is 0 Å². The minimum Gasteiger partial charge on any atom is -0.357 e. The van der Waals surface area contributed by atoms with E-state index in [0.29, 0.717) is 36.7 Å². The smallest absolute Gasteiger partial charge is 0.251 e. The van der Waals surface area contributed by atoms with Crippen LogP contribution in [0.1, 0.15) is 28.4 Å². The largest absolute Gasteiger partial charge is 0.357 e. The van der Waals surface area contributed by atoms with E-state index in [2.05, 4.69) is 20.9 Å². The van der Waals surface area contributed by atoms with Gasteiger partial charge in [-0.25, -0.2) is 13.8 Å². The van der Waals surface area contributed by atoms with Crippen molar-refractivity contribution in [3.63, 3.8) is 0 Å². The van der Waals surface area contributed by atoms with E-state index in [1.165, 1.54) is 12.1 Å². The Hall–Kier alpha value is -2.23. The van der Waals surface area contributed by atoms with Gasteiger partial charge in [-0.15, -0.1) is 24.0 Å². The van der Waals surface area contributed by atoms with Crippen LogP contribution < -0.4 is 16.0 Å². The molecule has 0 unspecified atom stereocenters. The molecule has 0 bridgehead atoms. The summed E-state index contributed by atoms with van der Waals surface area (Å²) in [4.78, 5) is 16.4. The molecule has 2 rings (SSSR count). The van der Waals surface area contributed by atoms with Crippen molar-refractivity contribution in [2.24, 2.45) is 4.99 Å². The molecule has 3 N–H and O–H groups in total. The number of guanidine groups is 1. The molecule has 0 aromatic heterocycles. The standard InChI is InChI=1S/C20H24F2N4O.HI/c1-3-23-20(26-13-16-6-4-5-7-17(16)21)25-11-10-24-19(27)15-9-8-14(2)18(22)12-15;/h4-9,12H,3,10-11,13H2,1-2H3,(H,24,27)(H2,23,25,26);1H. The second-order valence-corrected chi connectivity index (χ2v) is 5.93. The van der Waals surface area contributed by atoms with Crippen LogP contribution in [0.15, 0.2) is 47.5 Å². The van der Waals surface area contributed by atoms with E-state index in [-0.39, 0.29) is 47.8 Å². The summed E-state index contributed by atoms with van der Waals surface area (Å²) in [6.45, 7) is 5.18. The van der Waals surface area contributed by atoms with Gasteiger partial charge in [0, 0.05) is 30.8 Å². The van der Waals surface area contributed by atoms with Crippen molar-refractivity contribution in [3.05, 3.63) is 70.8 Å². The number of carbonyl (C=O) groups is 1. The molecule has 0 fully saturated rings. The van der Waals surface area contributed by atoms with Gasteiger partial charge in [-0.05, 0) is 37.6 Å². The van der Waals surface area contributed by atoms with E-state index in [1.807, 2.05) is 6.92 Å². The van der Waals surface area contributed by atoms with Gasteiger partial charge in [0.05, 0.1) is 6.54 Å². The van der Waals surface area contributed by atoms with Crippen LogP contribution in [-0.4, -0.2) is 31.5 Å². The second-order valence-electron chi connectivity index (χ2n) is 5.93. The maximum atomic E-state index is 13.7. The molecule has 5 nitrogen and oxygen atoms in total. The molecular weight excluding hydrogens is 477 g/mol. The Balaban J connectivity index is 0.00000392. The number of benzene rings is 2. The summed E-state index contributed by atoms with van der Waals surface area (Å²) in [5.41, 5.74) is 1.28. The van der Waals surface area contributed by atoms with Gasteiger partial charge in [0.15, 0.2) is 5.96 Å². The van der Waals surface area contributed by atoms with Crippen molar-refractivity contribution in [1.29, 1.82) is 0 Å². The van der Waals surface area contributed by atoms with Crippen molar-refractivity contribution < 1.29 is 13.6 Å². The van der Waals surface area contributed by atoms with E-state index in [1.54, 1.807) is 37.3 Å². The lowest BCUT2D eigenvalue weighted by atomic mass is 10.1. The topological polar surface area (TPSA) is 65.5 Å². The van der Waals surface area contributed by atoms with Crippen molar-refractivity contribution in [2.45, 2.75) is 20.4 Å². The first kappa shape index (κ1) is 23.8. The molecular formula is C20H25F2IN4O. The van der Waals surface area contributed by atoms with Gasteiger partial charge in [0.25, 0.3) is 5.91 Å². The number of rotatable bonds is 7. The molecule has 0 spiro atoms. The lowest BCUT2D eigenvalue weighted by Crippen LogP contribution is -2.41. The fourth-order valence-corrected chi connectivity index (χ4v) is 2.33. The summed E-state index contributed by atoms with van der Waals surface area (Å²) >= 11 is 0. The van der Waals surface area contributed by atoms with Crippen molar-refractivity contribution >= 4 is 35.8 Å². The van der Waals surface area contributed by atoms with Crippen LogP contribution in [0, 0.1) is 18.6 Å². The molecule has 0 saturated heterocycles. The van der Waals surface area contributed by atoms with Gasteiger partial charge in [0.2, 0.25) is 0 Å². The van der Waals surface area contributed by atoms with E-state index in [4.69, 9.17) is 0 Å². The summed E-state index contributed by atoms with van der Waals surface area (Å²) in [5, 5.41) is 8.84. The number of amides is 1. The van der Waals surface area contributed by atoms with Crippen molar-refractivity contribution in [3.8, 4) is 0 Å². The Kier molecular flexibility index (Phi) is 10.4. The number of hydrogen-bond donors (Lipinski definition) is 3. The van der Waals surface area contributed by atoms with Crippen molar-refractivity contribution in [2.75, 3.05) is 19.6 Å². The SMILES string of the molecule is CCNC(=NCc1ccccc1F)NCCNC(=O)c1ccc(C)c(F)c1.I. The highest BCUT2D eigenvalue weighted by Crippen LogP contribution is 2.09. The van der Waals surface area contributed by atoms with Crippen LogP contribution in [0.4, 0.5) is 8.78 Å². The second kappa shape index (κ2) is 12.3. The number of nitrogens with zero attached hydrogens (tertiary/aromatic N) is 1. The number of halogens is 3. The molecule has 0 heterocycles. The summed E-state index contributed by atoms with van der Waals surface area (Å²) < 4.78 is 27.2. The van der Waals surface area contributed by atoms with Gasteiger partial charge in [-0.1, -0.05) is 24.3 Å². The predicted octanol–water partition coefficient (Wildman–Crippen LogP) is 3.38. The van der Waals surface area contributed by atoms with E-state index >= 15 is 0 Å². The van der Waals surface area contributed by atoms with Gasteiger partial charge in [-0.2, -0.15) is 0 Å². The number of aliphatic imine (C=N–C) groups is 1. The number of nitrogens with one attached hydrogen (secondary N) is 3. The zero-order valence-corrected chi connectivity index (χ0v) is 18.2. The molecule has 0 aliphatic rings. The summed E-state index contributed by atoms with van der Waals surface area (Å²) in [5.74, 6) is -0.523. The molecule has 2 aromatic carbocycles. The summed E-state index contributed by atoms with van der Waals surface area (Å²) in [6, 6.07) is 10.9. The monoisotopic (exact) mass is 502 g/mol. The van der Waals surface area contributed by atoms with Gasteiger partial charge in [-0.3, -0.25) is 4.79 Å². The summed E-state index contributed by atoms with van der Waals surface area (Å²) in [6.07, 6.45) is 0. The molecule has 1 amide bonds. The number of carbonyl (C=O) groups excluding carboxylic acids is 1. The summed E-state index contributed by atoms with van der Waals surface area (Å²) in [7, 11) is 0. The van der Waals surface area contributed by atoms with Gasteiger partial charge in [0.1, 0.15) is 11.6 Å². The highest BCUT2D eigenvalue weighted by Gasteiger charge is 2.07. The quantitative estimate of drug-likeness (QED) is 0.236. The minimum atomic E-state index is -0.407. The van der Waals surface area contributed by atoms with Crippen LogP contribution in [0.5, 0.6) is 0 Å². The molecule has 8 heteroatoms. The zero-order chi connectivity index (χ0) is 19.6. The molecule has 0 radical (unpaired) electrons. The Morgan fingerprint density at radius 1 is 1.00 bits per heavy atom. The van der Waals surface area contributed by atoms with E-state index < -0.39 is 5.82 Å². The maximum Gasteiger partial charge on any atom is 0.251 e. The highest BCUT2D eigenvalue weighted by atomic mass is 127. The third-order valence-corrected chi connectivity index (χ3v) is 3.85. The molecule has 28 heavy (non-hydrogen) atoms. The number of aryl methyl sites for hydroxylation is 1. The first-order valence-corrected chi connectivity index (χ1v) is 8.81. The van der Waals surface area contributed by atoms with Crippen LogP contribution in [-0.2, 0) is 6.54 Å². The molecule has 152 valence electrons. The van der Waals surface area contributed by atoms with E-state index in [9.17, 15) is 13.6 Å². The number of hydrogen-bond acceptors (Lipinski definition) is 2. The molecule has 0 aliphatic heterocycles. The molecule has 2 aromatic rings. The molecule has 0 atom stereocenters. The average molecular weight is 502 g/mol. The predicted molar refractivity (Wildman–Crippen MR) is 118 cm³/mol. The first-order chi connectivity index (χ1) is 13.0. The fraction of sp³-hybridized carbons (Fsp3) is 0.300. The van der Waals surface area contributed by atoms with Crippen LogP contribution >= 0.6 is 24.0 Å². The lowest BCUT2D eigenvalue weighted by molar-refractivity contribution is 0.0954. The maximum absolute atomic E-state index is 13.7. The normalized spacial score (nSPS) is 10.8. The Labute approximate surface area is 181 Å². The molecule has 0 aliphatic carbocycles. The fourth-order valence-electron chi connectivity index (χ4n) is 2.33. The highest BCUT2D eigenvalue weighted by molar-refractivity contribution is 14.0. The van der Waals surface area contributed by atoms with Gasteiger partial charge < -0.3 is 16.0 Å². The first-order valence-electron chi connectivity index (χ1n) is 8.81. The average Bonchev–Trinajstić information content (AvgIpc) is 2.66. The Morgan fingerprint density at radius 3 is 2.39 bits per heavy atom. The minimum absolute atomic E-state index is 0. The van der Waals surface area contributed by atoms with Crippen LogP contribution in [0.2, 0.25) is 0 Å².